The van der Waals surface area contributed by atoms with Crippen molar-refractivity contribution >= 4 is 17.5 Å². The van der Waals surface area contributed by atoms with Crippen molar-refractivity contribution in [3.05, 3.63) is 101 Å². The van der Waals surface area contributed by atoms with Crippen LogP contribution in [0.1, 0.15) is 29.4 Å². The first-order valence-electron chi connectivity index (χ1n) is 10.9. The topological polar surface area (TPSA) is 68.5 Å². The Kier molecular flexibility index (Phi) is 6.27. The monoisotopic (exact) mass is 477 g/mol. The van der Waals surface area contributed by atoms with Gasteiger partial charge in [0.2, 0.25) is 17.6 Å². The number of amides is 1. The summed E-state index contributed by atoms with van der Waals surface area (Å²) in [5, 5.41) is 4.39. The van der Waals surface area contributed by atoms with Gasteiger partial charge in [-0.2, -0.15) is 4.98 Å². The standard InChI is InChI=1S/C26H21ClFN3O3/c27-23-13-21(28)9-6-19(23)14-31-15-20(12-24(31)32)26-29-25(30-34-26)18-7-10-22(11-8-18)33-16-17-4-2-1-3-5-17/h1-11,13,20H,12,14-16H2. The normalized spacial score (nSPS) is 15.6. The largest absolute Gasteiger partial charge is 0.489 e. The molecule has 1 aliphatic heterocycles. The number of carbonyl (C=O) groups is 1. The molecule has 0 bridgehead atoms. The smallest absolute Gasteiger partial charge is 0.232 e. The molecule has 1 aliphatic rings. The minimum absolute atomic E-state index is 0.0370. The predicted octanol–water partition coefficient (Wildman–Crippen LogP) is 5.62. The summed E-state index contributed by atoms with van der Waals surface area (Å²) in [5.41, 5.74) is 2.58. The predicted molar refractivity (Wildman–Crippen MR) is 125 cm³/mol. The van der Waals surface area contributed by atoms with E-state index >= 15 is 0 Å². The van der Waals surface area contributed by atoms with Crippen LogP contribution in [0.3, 0.4) is 0 Å². The molecule has 8 heteroatoms. The first-order valence-corrected chi connectivity index (χ1v) is 11.3. The second kappa shape index (κ2) is 9.65. The highest BCUT2D eigenvalue weighted by molar-refractivity contribution is 6.31. The third kappa shape index (κ3) is 4.94. The Labute approximate surface area is 200 Å². The van der Waals surface area contributed by atoms with Gasteiger partial charge in [0.25, 0.3) is 0 Å². The Morgan fingerprint density at radius 2 is 1.88 bits per heavy atom. The maximum absolute atomic E-state index is 13.3. The maximum Gasteiger partial charge on any atom is 0.232 e. The van der Waals surface area contributed by atoms with E-state index in [0.717, 1.165) is 16.9 Å². The van der Waals surface area contributed by atoms with Gasteiger partial charge in [-0.1, -0.05) is 53.2 Å². The Hall–Kier alpha value is -3.71. The Morgan fingerprint density at radius 3 is 2.65 bits per heavy atom. The zero-order chi connectivity index (χ0) is 23.5. The molecule has 172 valence electrons. The van der Waals surface area contributed by atoms with Crippen molar-refractivity contribution in [3.8, 4) is 17.1 Å². The lowest BCUT2D eigenvalue weighted by Gasteiger charge is -2.17. The molecule has 1 unspecified atom stereocenters. The number of benzene rings is 3. The molecule has 0 N–H and O–H groups in total. The highest BCUT2D eigenvalue weighted by atomic mass is 35.5. The van der Waals surface area contributed by atoms with Gasteiger partial charge in [-0.3, -0.25) is 4.79 Å². The number of carbonyl (C=O) groups excluding carboxylic acids is 1. The summed E-state index contributed by atoms with van der Waals surface area (Å²) in [4.78, 5) is 18.7. The SMILES string of the molecule is O=C1CC(c2nc(-c3ccc(OCc4ccccc4)cc3)no2)CN1Cc1ccc(F)cc1Cl. The molecule has 2 heterocycles. The van der Waals surface area contributed by atoms with E-state index in [-0.39, 0.29) is 18.2 Å². The van der Waals surface area contributed by atoms with Crippen LogP contribution in [0.15, 0.2) is 77.3 Å². The van der Waals surface area contributed by atoms with E-state index in [9.17, 15) is 9.18 Å². The summed E-state index contributed by atoms with van der Waals surface area (Å²) in [6.07, 6.45) is 0.271. The number of halogens is 2. The summed E-state index contributed by atoms with van der Waals surface area (Å²) >= 11 is 6.11. The van der Waals surface area contributed by atoms with Crippen molar-refractivity contribution in [3.63, 3.8) is 0 Å². The highest BCUT2D eigenvalue weighted by Crippen LogP contribution is 2.31. The zero-order valence-electron chi connectivity index (χ0n) is 18.2. The zero-order valence-corrected chi connectivity index (χ0v) is 18.9. The third-order valence-electron chi connectivity index (χ3n) is 5.74. The van der Waals surface area contributed by atoms with E-state index in [1.165, 1.54) is 12.1 Å². The van der Waals surface area contributed by atoms with E-state index < -0.39 is 5.82 Å². The van der Waals surface area contributed by atoms with Crippen LogP contribution < -0.4 is 4.74 Å². The molecule has 1 saturated heterocycles. The maximum atomic E-state index is 13.3. The molecule has 1 aromatic heterocycles. The van der Waals surface area contributed by atoms with Crippen LogP contribution in [0.4, 0.5) is 4.39 Å². The number of likely N-dealkylation sites (tertiary alicyclic amines) is 1. The van der Waals surface area contributed by atoms with Crippen molar-refractivity contribution in [2.45, 2.75) is 25.5 Å². The van der Waals surface area contributed by atoms with Crippen LogP contribution in [0, 0.1) is 5.82 Å². The first-order chi connectivity index (χ1) is 16.5. The van der Waals surface area contributed by atoms with Crippen LogP contribution in [-0.4, -0.2) is 27.5 Å². The molecule has 6 nitrogen and oxygen atoms in total. The van der Waals surface area contributed by atoms with Gasteiger partial charge in [0.15, 0.2) is 0 Å². The highest BCUT2D eigenvalue weighted by Gasteiger charge is 2.34. The first kappa shape index (κ1) is 22.1. The van der Waals surface area contributed by atoms with Crippen molar-refractivity contribution in [1.29, 1.82) is 0 Å². The fourth-order valence-corrected chi connectivity index (χ4v) is 4.13. The molecule has 0 spiro atoms. The second-order valence-electron chi connectivity index (χ2n) is 8.17. The van der Waals surface area contributed by atoms with E-state index in [1.54, 1.807) is 11.0 Å². The van der Waals surface area contributed by atoms with E-state index in [1.807, 2.05) is 54.6 Å². The lowest BCUT2D eigenvalue weighted by molar-refractivity contribution is -0.128. The molecule has 0 radical (unpaired) electrons. The van der Waals surface area contributed by atoms with Gasteiger partial charge in [0.05, 0.1) is 5.92 Å². The molecule has 34 heavy (non-hydrogen) atoms. The van der Waals surface area contributed by atoms with Crippen LogP contribution in [0.25, 0.3) is 11.4 Å². The fourth-order valence-electron chi connectivity index (χ4n) is 3.91. The average molecular weight is 478 g/mol. The number of aromatic nitrogens is 2. The third-order valence-corrected chi connectivity index (χ3v) is 6.09. The van der Waals surface area contributed by atoms with Gasteiger partial charge in [0, 0.05) is 30.1 Å². The molecule has 1 amide bonds. The van der Waals surface area contributed by atoms with Gasteiger partial charge in [-0.25, -0.2) is 4.39 Å². The average Bonchev–Trinajstić information content (AvgIpc) is 3.48. The van der Waals surface area contributed by atoms with Crippen molar-refractivity contribution in [1.82, 2.24) is 15.0 Å². The number of hydrogen-bond acceptors (Lipinski definition) is 5. The van der Waals surface area contributed by atoms with Crippen LogP contribution in [0.5, 0.6) is 5.75 Å². The molecule has 1 fully saturated rings. The van der Waals surface area contributed by atoms with E-state index in [0.29, 0.717) is 42.0 Å². The van der Waals surface area contributed by atoms with E-state index in [4.69, 9.17) is 20.9 Å². The fraction of sp³-hybridized carbons (Fsp3) is 0.192. The van der Waals surface area contributed by atoms with Crippen LogP contribution >= 0.6 is 11.6 Å². The van der Waals surface area contributed by atoms with E-state index in [2.05, 4.69) is 10.1 Å². The van der Waals surface area contributed by atoms with Gasteiger partial charge in [-0.15, -0.1) is 0 Å². The lowest BCUT2D eigenvalue weighted by atomic mass is 10.1. The van der Waals surface area contributed by atoms with Crippen molar-refractivity contribution in [2.75, 3.05) is 6.54 Å². The summed E-state index contributed by atoms with van der Waals surface area (Å²) in [6.45, 7) is 1.22. The number of nitrogens with zero attached hydrogens (tertiary/aromatic N) is 3. The molecule has 1 atom stereocenters. The van der Waals surface area contributed by atoms with Gasteiger partial charge >= 0.3 is 0 Å². The molecule has 3 aromatic carbocycles. The molecular weight excluding hydrogens is 457 g/mol. The van der Waals surface area contributed by atoms with Crippen molar-refractivity contribution < 1.29 is 18.4 Å². The molecule has 0 aliphatic carbocycles. The second-order valence-corrected chi connectivity index (χ2v) is 8.57. The summed E-state index contributed by atoms with van der Waals surface area (Å²) < 4.78 is 24.6. The van der Waals surface area contributed by atoms with Crippen molar-refractivity contribution in [2.24, 2.45) is 0 Å². The van der Waals surface area contributed by atoms with Gasteiger partial charge in [0.1, 0.15) is 18.2 Å². The Balaban J connectivity index is 1.22. The summed E-state index contributed by atoms with van der Waals surface area (Å²) in [5.74, 6) is 0.963. The molecule has 5 rings (SSSR count). The van der Waals surface area contributed by atoms with Crippen LogP contribution in [-0.2, 0) is 17.9 Å². The van der Waals surface area contributed by atoms with Crippen LogP contribution in [0.2, 0.25) is 5.02 Å². The number of ether oxygens (including phenoxy) is 1. The molecule has 0 saturated carbocycles. The van der Waals surface area contributed by atoms with Gasteiger partial charge < -0.3 is 14.2 Å². The summed E-state index contributed by atoms with van der Waals surface area (Å²) in [7, 11) is 0. The quantitative estimate of drug-likeness (QED) is 0.345. The number of rotatable bonds is 7. The summed E-state index contributed by atoms with van der Waals surface area (Å²) in [6, 6.07) is 21.6. The minimum Gasteiger partial charge on any atom is -0.489 e. The molecule has 4 aromatic rings. The number of hydrogen-bond donors (Lipinski definition) is 0. The molecular formula is C26H21ClFN3O3. The minimum atomic E-state index is -0.409. The Bertz CT molecular complexity index is 1290. The lowest BCUT2D eigenvalue weighted by Crippen LogP contribution is -2.24. The Morgan fingerprint density at radius 1 is 1.09 bits per heavy atom. The van der Waals surface area contributed by atoms with Gasteiger partial charge in [-0.05, 0) is 47.5 Å².